The highest BCUT2D eigenvalue weighted by Crippen LogP contribution is 2.33. The summed E-state index contributed by atoms with van der Waals surface area (Å²) in [6.45, 7) is 6.07. The van der Waals surface area contributed by atoms with E-state index in [1.54, 1.807) is 13.8 Å². The Morgan fingerprint density at radius 3 is 2.27 bits per heavy atom. The molecular weight excluding hydrogens is 408 g/mol. The SMILES string of the molecule is CCN(CC)S(=O)(=O)c1ccc(N2CCN(C(=O)C3CCCC3)CC2)c([N+](=O)[O-])c1. The van der Waals surface area contributed by atoms with Crippen LogP contribution in [0.15, 0.2) is 23.1 Å². The summed E-state index contributed by atoms with van der Waals surface area (Å²) in [5.41, 5.74) is 0.172. The van der Waals surface area contributed by atoms with Gasteiger partial charge in [0.25, 0.3) is 5.69 Å². The number of nitro benzene ring substituents is 1. The first kappa shape index (κ1) is 22.5. The highest BCUT2D eigenvalue weighted by molar-refractivity contribution is 7.89. The molecule has 0 N–H and O–H groups in total. The molecule has 10 heteroatoms. The zero-order valence-corrected chi connectivity index (χ0v) is 18.4. The van der Waals surface area contributed by atoms with Gasteiger partial charge in [0.15, 0.2) is 0 Å². The quantitative estimate of drug-likeness (QED) is 0.478. The van der Waals surface area contributed by atoms with Crippen molar-refractivity contribution < 1.29 is 18.1 Å². The largest absolute Gasteiger partial charge is 0.362 e. The molecule has 30 heavy (non-hydrogen) atoms. The lowest BCUT2D eigenvalue weighted by Gasteiger charge is -2.37. The van der Waals surface area contributed by atoms with Crippen molar-refractivity contribution in [2.24, 2.45) is 5.92 Å². The molecule has 1 heterocycles. The van der Waals surface area contributed by atoms with E-state index < -0.39 is 14.9 Å². The number of sulfonamides is 1. The fourth-order valence-electron chi connectivity index (χ4n) is 4.39. The molecule has 1 aliphatic carbocycles. The number of anilines is 1. The molecule has 1 aromatic carbocycles. The van der Waals surface area contributed by atoms with Gasteiger partial charge in [-0.2, -0.15) is 4.31 Å². The van der Waals surface area contributed by atoms with Crippen molar-refractivity contribution in [3.05, 3.63) is 28.3 Å². The summed E-state index contributed by atoms with van der Waals surface area (Å²) in [6, 6.07) is 4.11. The first-order valence-corrected chi connectivity index (χ1v) is 12.1. The topological polar surface area (TPSA) is 104 Å². The number of hydrogen-bond donors (Lipinski definition) is 0. The maximum absolute atomic E-state index is 12.7. The molecule has 0 radical (unpaired) electrons. The van der Waals surface area contributed by atoms with Crippen LogP contribution in [-0.4, -0.2) is 67.7 Å². The number of benzene rings is 1. The number of nitro groups is 1. The lowest BCUT2D eigenvalue weighted by Crippen LogP contribution is -2.50. The summed E-state index contributed by atoms with van der Waals surface area (Å²) in [7, 11) is -3.78. The van der Waals surface area contributed by atoms with Gasteiger partial charge in [0.05, 0.1) is 9.82 Å². The number of amides is 1. The van der Waals surface area contributed by atoms with Crippen LogP contribution in [0.1, 0.15) is 39.5 Å². The normalized spacial score (nSPS) is 18.2. The monoisotopic (exact) mass is 438 g/mol. The third-order valence-electron chi connectivity index (χ3n) is 6.12. The molecule has 9 nitrogen and oxygen atoms in total. The van der Waals surface area contributed by atoms with Crippen molar-refractivity contribution in [3.63, 3.8) is 0 Å². The van der Waals surface area contributed by atoms with E-state index in [4.69, 9.17) is 0 Å². The van der Waals surface area contributed by atoms with Crippen LogP contribution in [0, 0.1) is 16.0 Å². The van der Waals surface area contributed by atoms with Crippen LogP contribution in [0.4, 0.5) is 11.4 Å². The van der Waals surface area contributed by atoms with Gasteiger partial charge >= 0.3 is 0 Å². The second-order valence-corrected chi connectivity index (χ2v) is 9.73. The molecule has 2 fully saturated rings. The van der Waals surface area contributed by atoms with Crippen molar-refractivity contribution >= 4 is 27.3 Å². The number of rotatable bonds is 7. The molecule has 0 aromatic heterocycles. The minimum Gasteiger partial charge on any atom is -0.362 e. The van der Waals surface area contributed by atoms with Gasteiger partial charge < -0.3 is 9.80 Å². The fraction of sp³-hybridized carbons (Fsp3) is 0.650. The van der Waals surface area contributed by atoms with E-state index in [1.807, 2.05) is 9.80 Å². The van der Waals surface area contributed by atoms with Crippen LogP contribution >= 0.6 is 0 Å². The summed E-state index contributed by atoms with van der Waals surface area (Å²) < 4.78 is 26.8. The third-order valence-corrected chi connectivity index (χ3v) is 8.17. The molecule has 1 aliphatic heterocycles. The highest BCUT2D eigenvalue weighted by atomic mass is 32.2. The van der Waals surface area contributed by atoms with E-state index in [9.17, 15) is 23.3 Å². The van der Waals surface area contributed by atoms with E-state index in [0.717, 1.165) is 31.7 Å². The first-order valence-electron chi connectivity index (χ1n) is 10.6. The van der Waals surface area contributed by atoms with Crippen LogP contribution in [-0.2, 0) is 14.8 Å². The average Bonchev–Trinajstić information content (AvgIpc) is 3.28. The second-order valence-electron chi connectivity index (χ2n) is 7.79. The summed E-state index contributed by atoms with van der Waals surface area (Å²) in [5.74, 6) is 0.317. The van der Waals surface area contributed by atoms with E-state index in [1.165, 1.54) is 16.4 Å². The van der Waals surface area contributed by atoms with Crippen LogP contribution in [0.3, 0.4) is 0 Å². The maximum Gasteiger partial charge on any atom is 0.293 e. The van der Waals surface area contributed by atoms with Gasteiger partial charge in [-0.15, -0.1) is 0 Å². The van der Waals surface area contributed by atoms with Gasteiger partial charge in [-0.25, -0.2) is 8.42 Å². The molecule has 166 valence electrons. The molecule has 1 saturated heterocycles. The van der Waals surface area contributed by atoms with E-state index in [-0.39, 0.29) is 22.4 Å². The van der Waals surface area contributed by atoms with Crippen LogP contribution in [0.2, 0.25) is 0 Å². The molecule has 1 aromatic rings. The molecule has 0 bridgehead atoms. The van der Waals surface area contributed by atoms with Gasteiger partial charge in [0.1, 0.15) is 5.69 Å². The van der Waals surface area contributed by atoms with E-state index in [0.29, 0.717) is 45.0 Å². The third kappa shape index (κ3) is 4.44. The van der Waals surface area contributed by atoms with Crippen molar-refractivity contribution in [1.29, 1.82) is 0 Å². The minimum absolute atomic E-state index is 0.0725. The Kier molecular flexibility index (Phi) is 6.97. The van der Waals surface area contributed by atoms with Crippen molar-refractivity contribution in [2.75, 3.05) is 44.2 Å². The molecule has 1 saturated carbocycles. The van der Waals surface area contributed by atoms with Gasteiger partial charge in [-0.05, 0) is 25.0 Å². The molecule has 0 atom stereocenters. The van der Waals surface area contributed by atoms with Crippen molar-refractivity contribution in [1.82, 2.24) is 9.21 Å². The number of carbonyl (C=O) groups excluding carboxylic acids is 1. The second kappa shape index (κ2) is 9.30. The minimum atomic E-state index is -3.78. The predicted molar refractivity (Wildman–Crippen MR) is 114 cm³/mol. The fourth-order valence-corrected chi connectivity index (χ4v) is 5.87. The highest BCUT2D eigenvalue weighted by Gasteiger charge is 2.32. The lowest BCUT2D eigenvalue weighted by atomic mass is 10.1. The molecule has 0 unspecified atom stereocenters. The Hall–Kier alpha value is -2.20. The molecule has 2 aliphatic rings. The Labute approximate surface area is 177 Å². The summed E-state index contributed by atoms with van der Waals surface area (Å²) in [4.78, 5) is 27.4. The standard InChI is InChI=1S/C20H30N4O5S/c1-3-23(4-2)30(28,29)17-9-10-18(19(15-17)24(26)27)21-11-13-22(14-12-21)20(25)16-7-5-6-8-16/h9-10,15-16H,3-8,11-14H2,1-2H3. The number of carbonyl (C=O) groups is 1. The molecule has 0 spiro atoms. The Balaban J connectivity index is 1.78. The number of nitrogens with zero attached hydrogens (tertiary/aromatic N) is 4. The summed E-state index contributed by atoms with van der Waals surface area (Å²) >= 11 is 0. The van der Waals surface area contributed by atoms with Gasteiger partial charge in [0.2, 0.25) is 15.9 Å². The molecule has 1 amide bonds. The lowest BCUT2D eigenvalue weighted by molar-refractivity contribution is -0.384. The first-order chi connectivity index (χ1) is 14.3. The smallest absolute Gasteiger partial charge is 0.293 e. The summed E-state index contributed by atoms with van der Waals surface area (Å²) in [5, 5.41) is 11.7. The average molecular weight is 439 g/mol. The van der Waals surface area contributed by atoms with Gasteiger partial charge in [0, 0.05) is 51.3 Å². The van der Waals surface area contributed by atoms with Gasteiger partial charge in [-0.3, -0.25) is 14.9 Å². The maximum atomic E-state index is 12.7. The Bertz CT molecular complexity index is 886. The van der Waals surface area contributed by atoms with E-state index in [2.05, 4.69) is 0 Å². The van der Waals surface area contributed by atoms with Crippen LogP contribution < -0.4 is 4.90 Å². The molecular formula is C20H30N4O5S. The molecule has 3 rings (SSSR count). The van der Waals surface area contributed by atoms with Crippen molar-refractivity contribution in [3.8, 4) is 0 Å². The van der Waals surface area contributed by atoms with Crippen molar-refractivity contribution in [2.45, 2.75) is 44.4 Å². The summed E-state index contributed by atoms with van der Waals surface area (Å²) in [6.07, 6.45) is 4.11. The Morgan fingerprint density at radius 2 is 1.73 bits per heavy atom. The zero-order chi connectivity index (χ0) is 21.9. The predicted octanol–water partition coefficient (Wildman–Crippen LogP) is 2.46. The van der Waals surface area contributed by atoms with Crippen LogP contribution in [0.5, 0.6) is 0 Å². The van der Waals surface area contributed by atoms with E-state index >= 15 is 0 Å². The van der Waals surface area contributed by atoms with Crippen LogP contribution in [0.25, 0.3) is 0 Å². The number of piperazine rings is 1. The van der Waals surface area contributed by atoms with Gasteiger partial charge in [-0.1, -0.05) is 26.7 Å². The Morgan fingerprint density at radius 1 is 1.13 bits per heavy atom. The number of hydrogen-bond acceptors (Lipinski definition) is 6. The zero-order valence-electron chi connectivity index (χ0n) is 17.6.